The van der Waals surface area contributed by atoms with Crippen LogP contribution in [0.1, 0.15) is 38.8 Å². The molecule has 2 nitrogen and oxygen atoms in total. The summed E-state index contributed by atoms with van der Waals surface area (Å²) in [6.07, 6.45) is 0. The molecule has 2 rings (SSSR count). The Hall–Kier alpha value is -1.61. The average molecular weight is 306 g/mol. The van der Waals surface area contributed by atoms with Gasteiger partial charge in [0.15, 0.2) is 0 Å². The summed E-state index contributed by atoms with van der Waals surface area (Å²) < 4.78 is 24.7. The minimum atomic E-state index is -3.38. The number of sulfone groups is 1. The van der Waals surface area contributed by atoms with Gasteiger partial charge in [-0.25, -0.2) is 8.42 Å². The van der Waals surface area contributed by atoms with Gasteiger partial charge >= 0.3 is 0 Å². The van der Waals surface area contributed by atoms with Crippen molar-refractivity contribution in [3.05, 3.63) is 59.7 Å². The minimum absolute atomic E-state index is 0.350. The van der Waals surface area contributed by atoms with Crippen molar-refractivity contribution in [2.75, 3.05) is 0 Å². The van der Waals surface area contributed by atoms with Gasteiger partial charge in [-0.15, -0.1) is 0 Å². The highest BCUT2D eigenvalue weighted by Crippen LogP contribution is 2.21. The summed E-state index contributed by atoms with van der Waals surface area (Å²) in [6.45, 7) is 11.8. The molecule has 3 heteroatoms. The number of hydrogen-bond acceptors (Lipinski definition) is 2. The Morgan fingerprint density at radius 3 is 1.29 bits per heavy atom. The highest BCUT2D eigenvalue weighted by molar-refractivity contribution is 7.91. The highest BCUT2D eigenvalue weighted by atomic mass is 32.2. The van der Waals surface area contributed by atoms with Gasteiger partial charge in [-0.05, 0) is 49.2 Å². The van der Waals surface area contributed by atoms with Crippen LogP contribution in [0.25, 0.3) is 0 Å². The Morgan fingerprint density at radius 2 is 1.00 bits per heavy atom. The van der Waals surface area contributed by atoms with Crippen LogP contribution in [0.5, 0.6) is 0 Å². The number of hydrogen-bond donors (Lipinski definition) is 0. The van der Waals surface area contributed by atoms with Gasteiger partial charge in [0.05, 0.1) is 9.79 Å². The molecule has 0 aliphatic heterocycles. The molecule has 0 fully saturated rings. The van der Waals surface area contributed by atoms with E-state index < -0.39 is 9.84 Å². The highest BCUT2D eigenvalue weighted by Gasteiger charge is 2.17. The number of rotatable bonds is 2. The SMILES string of the molecule is CC.CC.Cc1cccc(S(=O)(=O)c2cccc(C)c2)c1. The van der Waals surface area contributed by atoms with Crippen molar-refractivity contribution in [3.8, 4) is 0 Å². The molecular formula is C18H26O2S. The molecule has 21 heavy (non-hydrogen) atoms. The Morgan fingerprint density at radius 1 is 0.667 bits per heavy atom. The van der Waals surface area contributed by atoms with Gasteiger partial charge in [-0.3, -0.25) is 0 Å². The van der Waals surface area contributed by atoms with Crippen molar-refractivity contribution >= 4 is 9.84 Å². The first kappa shape index (κ1) is 19.4. The first-order chi connectivity index (χ1) is 10.00. The van der Waals surface area contributed by atoms with E-state index in [2.05, 4.69) is 0 Å². The Balaban J connectivity index is 0.000000921. The van der Waals surface area contributed by atoms with E-state index in [4.69, 9.17) is 0 Å². The van der Waals surface area contributed by atoms with Gasteiger partial charge < -0.3 is 0 Å². The van der Waals surface area contributed by atoms with Crippen LogP contribution in [0.15, 0.2) is 58.3 Å². The zero-order valence-electron chi connectivity index (χ0n) is 13.8. The number of aryl methyl sites for hydroxylation is 2. The van der Waals surface area contributed by atoms with Gasteiger partial charge in [0, 0.05) is 0 Å². The molecule has 2 aromatic carbocycles. The topological polar surface area (TPSA) is 34.1 Å². The van der Waals surface area contributed by atoms with E-state index in [1.165, 1.54) is 0 Å². The van der Waals surface area contributed by atoms with Crippen molar-refractivity contribution in [3.63, 3.8) is 0 Å². The lowest BCUT2D eigenvalue weighted by molar-refractivity contribution is 0.596. The van der Waals surface area contributed by atoms with E-state index in [1.807, 2.05) is 53.7 Å². The molecule has 0 saturated heterocycles. The van der Waals surface area contributed by atoms with E-state index in [0.29, 0.717) is 9.79 Å². The fraction of sp³-hybridized carbons (Fsp3) is 0.333. The third-order valence-corrected chi connectivity index (χ3v) is 4.35. The summed E-state index contributed by atoms with van der Waals surface area (Å²) in [6, 6.07) is 13.9. The van der Waals surface area contributed by atoms with Crippen LogP contribution in [0.4, 0.5) is 0 Å². The molecule has 0 saturated carbocycles. The van der Waals surface area contributed by atoms with Gasteiger partial charge in [0.25, 0.3) is 0 Å². The molecule has 0 spiro atoms. The van der Waals surface area contributed by atoms with Crippen molar-refractivity contribution in [2.45, 2.75) is 51.3 Å². The van der Waals surface area contributed by atoms with Crippen LogP contribution in [-0.4, -0.2) is 8.42 Å². The molecule has 0 radical (unpaired) electrons. The van der Waals surface area contributed by atoms with Crippen LogP contribution in [0.2, 0.25) is 0 Å². The predicted octanol–water partition coefficient (Wildman–Crippen LogP) is 5.19. The predicted molar refractivity (Wildman–Crippen MR) is 90.5 cm³/mol. The summed E-state index contributed by atoms with van der Waals surface area (Å²) >= 11 is 0. The fourth-order valence-electron chi connectivity index (χ4n) is 1.70. The first-order valence-electron chi connectivity index (χ1n) is 7.38. The van der Waals surface area contributed by atoms with Gasteiger partial charge in [0.2, 0.25) is 9.84 Å². The van der Waals surface area contributed by atoms with Crippen LogP contribution in [-0.2, 0) is 9.84 Å². The molecule has 116 valence electrons. The van der Waals surface area contributed by atoms with Crippen LogP contribution in [0, 0.1) is 13.8 Å². The van der Waals surface area contributed by atoms with Crippen LogP contribution >= 0.6 is 0 Å². The lowest BCUT2D eigenvalue weighted by Crippen LogP contribution is -2.02. The molecule has 0 heterocycles. The zero-order chi connectivity index (χ0) is 16.5. The summed E-state index contributed by atoms with van der Waals surface area (Å²) in [4.78, 5) is 0.700. The zero-order valence-corrected chi connectivity index (χ0v) is 14.7. The van der Waals surface area contributed by atoms with Crippen molar-refractivity contribution < 1.29 is 8.42 Å². The Kier molecular flexibility index (Phi) is 8.63. The molecular weight excluding hydrogens is 280 g/mol. The third-order valence-electron chi connectivity index (χ3n) is 2.60. The Labute approximate surface area is 129 Å². The molecule has 0 aliphatic carbocycles. The first-order valence-corrected chi connectivity index (χ1v) is 8.87. The molecule has 0 aliphatic rings. The van der Waals surface area contributed by atoms with E-state index in [1.54, 1.807) is 36.4 Å². The normalized spacial score (nSPS) is 9.81. The second-order valence-corrected chi connectivity index (χ2v) is 6.09. The van der Waals surface area contributed by atoms with Crippen molar-refractivity contribution in [2.24, 2.45) is 0 Å². The van der Waals surface area contributed by atoms with E-state index >= 15 is 0 Å². The van der Waals surface area contributed by atoms with E-state index in [9.17, 15) is 8.42 Å². The molecule has 0 N–H and O–H groups in total. The largest absolute Gasteiger partial charge is 0.219 e. The smallest absolute Gasteiger partial charge is 0.206 e. The summed E-state index contributed by atoms with van der Waals surface area (Å²) in [5.41, 5.74) is 1.89. The van der Waals surface area contributed by atoms with E-state index in [0.717, 1.165) is 11.1 Å². The van der Waals surface area contributed by atoms with Crippen LogP contribution in [0.3, 0.4) is 0 Å². The average Bonchev–Trinajstić information content (AvgIpc) is 2.51. The lowest BCUT2D eigenvalue weighted by Gasteiger charge is -2.06. The fourth-order valence-corrected chi connectivity index (χ4v) is 3.17. The third kappa shape index (κ3) is 5.35. The Bertz CT molecular complexity index is 592. The van der Waals surface area contributed by atoms with Gasteiger partial charge in [0.1, 0.15) is 0 Å². The van der Waals surface area contributed by atoms with Crippen LogP contribution < -0.4 is 0 Å². The quantitative estimate of drug-likeness (QED) is 0.765. The summed E-state index contributed by atoms with van der Waals surface area (Å²) in [7, 11) is -3.38. The molecule has 0 atom stereocenters. The molecule has 0 aromatic heterocycles. The molecule has 0 unspecified atom stereocenters. The second kappa shape index (κ2) is 9.35. The second-order valence-electron chi connectivity index (χ2n) is 4.14. The summed E-state index contributed by atoms with van der Waals surface area (Å²) in [5, 5.41) is 0. The standard InChI is InChI=1S/C14H14O2S.2C2H6/c1-11-5-3-7-13(9-11)17(15,16)14-8-4-6-12(2)10-14;2*1-2/h3-10H,1-2H3;2*1-2H3. The maximum Gasteiger partial charge on any atom is 0.206 e. The monoisotopic (exact) mass is 306 g/mol. The lowest BCUT2D eigenvalue weighted by atomic mass is 10.2. The van der Waals surface area contributed by atoms with Gasteiger partial charge in [-0.1, -0.05) is 52.0 Å². The van der Waals surface area contributed by atoms with Gasteiger partial charge in [-0.2, -0.15) is 0 Å². The minimum Gasteiger partial charge on any atom is -0.219 e. The van der Waals surface area contributed by atoms with Crippen molar-refractivity contribution in [1.82, 2.24) is 0 Å². The van der Waals surface area contributed by atoms with Crippen molar-refractivity contribution in [1.29, 1.82) is 0 Å². The number of benzene rings is 2. The maximum absolute atomic E-state index is 12.3. The maximum atomic E-state index is 12.3. The van der Waals surface area contributed by atoms with E-state index in [-0.39, 0.29) is 0 Å². The molecule has 0 amide bonds. The molecule has 0 bridgehead atoms. The summed E-state index contributed by atoms with van der Waals surface area (Å²) in [5.74, 6) is 0. The molecule has 2 aromatic rings.